The molecular weight excluding hydrogens is 230 g/mol. The topological polar surface area (TPSA) is 98.2 Å². The molecule has 0 fully saturated rings. The minimum Gasteiger partial charge on any atom is -0.368 e. The van der Waals surface area contributed by atoms with Gasteiger partial charge in [0, 0.05) is 0 Å². The van der Waals surface area contributed by atoms with Crippen LogP contribution in [0, 0.1) is 0 Å². The molecule has 0 radical (unpaired) electrons. The van der Waals surface area contributed by atoms with Gasteiger partial charge in [-0.05, 0) is 19.3 Å². The smallest absolute Gasteiger partial charge is 0.243 e. The lowest BCUT2D eigenvalue weighted by Crippen LogP contribution is -2.59. The van der Waals surface area contributed by atoms with Gasteiger partial charge in [0.15, 0.2) is 0 Å². The Hall–Kier alpha value is -0.810. The van der Waals surface area contributed by atoms with Gasteiger partial charge in [0.1, 0.15) is 5.54 Å². The van der Waals surface area contributed by atoms with E-state index in [0.29, 0.717) is 19.3 Å². The number of amides is 2. The number of hydrogen-bond acceptors (Lipinski definition) is 3. The average molecular weight is 252 g/mol. The third-order valence-electron chi connectivity index (χ3n) is 2.82. The fourth-order valence-electron chi connectivity index (χ4n) is 1.35. The molecule has 0 aliphatic carbocycles. The molecule has 0 saturated carbocycles. The molecule has 5 N–H and O–H groups in total. The first kappa shape index (κ1) is 17.6. The molecule has 0 aromatic rings. The van der Waals surface area contributed by atoms with Gasteiger partial charge in [0.2, 0.25) is 11.8 Å². The van der Waals surface area contributed by atoms with Crippen LogP contribution in [0.15, 0.2) is 0 Å². The van der Waals surface area contributed by atoms with Gasteiger partial charge in [0.05, 0.1) is 6.04 Å². The average Bonchev–Trinajstić information content (AvgIpc) is 2.24. The Morgan fingerprint density at radius 3 is 1.94 bits per heavy atom. The third-order valence-corrected chi connectivity index (χ3v) is 2.82. The third kappa shape index (κ3) is 3.98. The molecule has 0 saturated heterocycles. The van der Waals surface area contributed by atoms with Crippen LogP contribution in [0.5, 0.6) is 0 Å². The van der Waals surface area contributed by atoms with Gasteiger partial charge < -0.3 is 16.8 Å². The quantitative estimate of drug-likeness (QED) is 0.633. The van der Waals surface area contributed by atoms with E-state index in [1.165, 1.54) is 0 Å². The van der Waals surface area contributed by atoms with Crippen molar-refractivity contribution in [3.05, 3.63) is 0 Å². The van der Waals surface area contributed by atoms with Crippen LogP contribution >= 0.6 is 12.4 Å². The van der Waals surface area contributed by atoms with E-state index in [1.54, 1.807) is 0 Å². The van der Waals surface area contributed by atoms with Crippen molar-refractivity contribution in [3.63, 3.8) is 0 Å². The monoisotopic (exact) mass is 251 g/mol. The van der Waals surface area contributed by atoms with E-state index in [9.17, 15) is 9.59 Å². The van der Waals surface area contributed by atoms with Gasteiger partial charge in [0.25, 0.3) is 0 Å². The van der Waals surface area contributed by atoms with Crippen LogP contribution in [0.3, 0.4) is 0 Å². The lowest BCUT2D eigenvalue weighted by Gasteiger charge is -2.30. The number of halogens is 1. The molecular formula is C10H22ClN3O2. The van der Waals surface area contributed by atoms with Crippen LogP contribution < -0.4 is 16.8 Å². The lowest BCUT2D eigenvalue weighted by atomic mass is 9.91. The molecule has 0 rings (SSSR count). The van der Waals surface area contributed by atoms with Crippen molar-refractivity contribution in [3.8, 4) is 0 Å². The normalized spacial score (nSPS) is 12.5. The zero-order chi connectivity index (χ0) is 12.1. The molecule has 0 bridgehead atoms. The van der Waals surface area contributed by atoms with Gasteiger partial charge >= 0.3 is 0 Å². The summed E-state index contributed by atoms with van der Waals surface area (Å²) in [6.45, 7) is 5.44. The highest BCUT2D eigenvalue weighted by Crippen LogP contribution is 2.14. The van der Waals surface area contributed by atoms with E-state index in [-0.39, 0.29) is 18.3 Å². The number of primary amides is 1. The van der Waals surface area contributed by atoms with Crippen LogP contribution in [-0.2, 0) is 9.59 Å². The highest BCUT2D eigenvalue weighted by molar-refractivity contribution is 5.92. The number of nitrogens with two attached hydrogens (primary N) is 2. The van der Waals surface area contributed by atoms with Crippen molar-refractivity contribution in [2.45, 2.75) is 51.6 Å². The maximum absolute atomic E-state index is 11.6. The van der Waals surface area contributed by atoms with Crippen LogP contribution in [-0.4, -0.2) is 23.4 Å². The summed E-state index contributed by atoms with van der Waals surface area (Å²) in [6, 6.07) is -0.582. The van der Waals surface area contributed by atoms with Crippen LogP contribution in [0.2, 0.25) is 0 Å². The second-order valence-electron chi connectivity index (χ2n) is 3.66. The summed E-state index contributed by atoms with van der Waals surface area (Å²) in [7, 11) is 0. The number of hydrogen-bond donors (Lipinski definition) is 3. The second kappa shape index (κ2) is 7.46. The lowest BCUT2D eigenvalue weighted by molar-refractivity contribution is -0.132. The predicted molar refractivity (Wildman–Crippen MR) is 66.2 cm³/mol. The molecule has 6 heteroatoms. The Labute approximate surface area is 103 Å². The van der Waals surface area contributed by atoms with Crippen molar-refractivity contribution in [2.75, 3.05) is 0 Å². The van der Waals surface area contributed by atoms with E-state index in [1.807, 2.05) is 20.8 Å². The van der Waals surface area contributed by atoms with Crippen molar-refractivity contribution < 1.29 is 9.59 Å². The van der Waals surface area contributed by atoms with Gasteiger partial charge in [-0.15, -0.1) is 12.4 Å². The first-order valence-electron chi connectivity index (χ1n) is 5.31. The minimum atomic E-state index is -0.954. The van der Waals surface area contributed by atoms with Gasteiger partial charge in [-0.2, -0.15) is 0 Å². The molecule has 0 unspecified atom stereocenters. The van der Waals surface area contributed by atoms with Crippen molar-refractivity contribution >= 4 is 24.2 Å². The van der Waals surface area contributed by atoms with E-state index in [2.05, 4.69) is 5.32 Å². The molecule has 5 nitrogen and oxygen atoms in total. The fourth-order valence-corrected chi connectivity index (χ4v) is 1.35. The maximum atomic E-state index is 11.6. The number of nitrogens with one attached hydrogen (secondary N) is 1. The zero-order valence-electron chi connectivity index (χ0n) is 10.1. The maximum Gasteiger partial charge on any atom is 0.243 e. The van der Waals surface area contributed by atoms with Crippen LogP contribution in [0.25, 0.3) is 0 Å². The molecule has 0 aromatic heterocycles. The Morgan fingerprint density at radius 2 is 1.69 bits per heavy atom. The molecule has 0 aliphatic heterocycles. The van der Waals surface area contributed by atoms with E-state index >= 15 is 0 Å². The van der Waals surface area contributed by atoms with Crippen molar-refractivity contribution in [1.82, 2.24) is 5.32 Å². The SMILES string of the molecule is CC[C@H](N)C(=O)NC(CC)(CC)C(N)=O.Cl. The number of carbonyl (C=O) groups is 2. The van der Waals surface area contributed by atoms with Gasteiger partial charge in [-0.3, -0.25) is 9.59 Å². The van der Waals surface area contributed by atoms with E-state index in [4.69, 9.17) is 11.5 Å². The van der Waals surface area contributed by atoms with Gasteiger partial charge in [-0.25, -0.2) is 0 Å². The minimum absolute atomic E-state index is 0. The predicted octanol–water partition coefficient (Wildman–Crippen LogP) is 0.306. The molecule has 1 atom stereocenters. The summed E-state index contributed by atoms with van der Waals surface area (Å²) < 4.78 is 0. The standard InChI is InChI=1S/C10H21N3O2.ClH/c1-4-7(11)8(14)13-10(5-2,6-3)9(12)15;/h7H,4-6,11H2,1-3H3,(H2,12,15)(H,13,14);1H/t7-;/m0./s1. The summed E-state index contributed by atoms with van der Waals surface area (Å²) in [5, 5.41) is 2.64. The molecule has 96 valence electrons. The summed E-state index contributed by atoms with van der Waals surface area (Å²) in [4.78, 5) is 22.9. The van der Waals surface area contributed by atoms with E-state index < -0.39 is 17.5 Å². The first-order valence-corrected chi connectivity index (χ1v) is 5.31. The van der Waals surface area contributed by atoms with Crippen molar-refractivity contribution in [2.24, 2.45) is 11.5 Å². The van der Waals surface area contributed by atoms with Gasteiger partial charge in [-0.1, -0.05) is 20.8 Å². The Balaban J connectivity index is 0. The summed E-state index contributed by atoms with van der Waals surface area (Å²) >= 11 is 0. The van der Waals surface area contributed by atoms with Crippen LogP contribution in [0.1, 0.15) is 40.0 Å². The molecule has 16 heavy (non-hydrogen) atoms. The Morgan fingerprint density at radius 1 is 1.25 bits per heavy atom. The molecule has 0 heterocycles. The summed E-state index contributed by atoms with van der Waals surface area (Å²) in [5.74, 6) is -0.829. The molecule has 2 amide bonds. The largest absolute Gasteiger partial charge is 0.368 e. The number of carbonyl (C=O) groups excluding carboxylic acids is 2. The number of rotatable bonds is 6. The van der Waals surface area contributed by atoms with E-state index in [0.717, 1.165) is 0 Å². The molecule has 0 spiro atoms. The Bertz CT molecular complexity index is 242. The summed E-state index contributed by atoms with van der Waals surface area (Å²) in [5.41, 5.74) is 9.90. The van der Waals surface area contributed by atoms with Crippen LogP contribution in [0.4, 0.5) is 0 Å². The molecule has 0 aliphatic rings. The highest BCUT2D eigenvalue weighted by atomic mass is 35.5. The second-order valence-corrected chi connectivity index (χ2v) is 3.66. The van der Waals surface area contributed by atoms with Crippen molar-refractivity contribution in [1.29, 1.82) is 0 Å². The summed E-state index contributed by atoms with van der Waals surface area (Å²) in [6.07, 6.45) is 1.48. The first-order chi connectivity index (χ1) is 6.93. The zero-order valence-corrected chi connectivity index (χ0v) is 10.9. The molecule has 0 aromatic carbocycles. The highest BCUT2D eigenvalue weighted by Gasteiger charge is 2.35. The fraction of sp³-hybridized carbons (Fsp3) is 0.800. The Kier molecular flexibility index (Phi) is 8.20.